The Balaban J connectivity index is 2.31. The van der Waals surface area contributed by atoms with Gasteiger partial charge in [-0.25, -0.2) is 0 Å². The molecule has 0 radical (unpaired) electrons. The van der Waals surface area contributed by atoms with Crippen LogP contribution in [0.1, 0.15) is 12.0 Å². The van der Waals surface area contributed by atoms with E-state index in [2.05, 4.69) is 18.0 Å². The fourth-order valence-corrected chi connectivity index (χ4v) is 2.19. The molecule has 0 saturated carbocycles. The molecule has 0 aromatic heterocycles. The maximum Gasteiger partial charge on any atom is 0.270 e. The van der Waals surface area contributed by atoms with Crippen LogP contribution in [0.5, 0.6) is 0 Å². The average molecular weight is 253 g/mol. The second-order valence-electron chi connectivity index (χ2n) is 4.16. The predicted molar refractivity (Wildman–Crippen MR) is 68.2 cm³/mol. The lowest BCUT2D eigenvalue weighted by Gasteiger charge is -2.22. The number of likely N-dealkylation sites (N-methyl/N-ethyl adjacent to an activating group) is 1. The minimum absolute atomic E-state index is 0.0345. The van der Waals surface area contributed by atoms with Gasteiger partial charge in [-0.3, -0.25) is 10.1 Å². The minimum atomic E-state index is -0.432. The molecule has 0 spiro atoms. The molecule has 90 valence electrons. The van der Waals surface area contributed by atoms with Gasteiger partial charge in [0.25, 0.3) is 5.69 Å². The van der Waals surface area contributed by atoms with Gasteiger partial charge in [-0.05, 0) is 30.7 Å². The van der Waals surface area contributed by atoms with E-state index in [-0.39, 0.29) is 5.69 Å². The third kappa shape index (κ3) is 2.65. The molecule has 17 heavy (non-hydrogen) atoms. The Morgan fingerprint density at radius 2 is 2.24 bits per heavy atom. The Hall–Kier alpha value is -1.39. The van der Waals surface area contributed by atoms with Gasteiger partial charge in [0.15, 0.2) is 0 Å². The van der Waals surface area contributed by atoms with Crippen LogP contribution in [0.3, 0.4) is 0 Å². The van der Waals surface area contributed by atoms with Crippen molar-refractivity contribution < 1.29 is 4.92 Å². The fourth-order valence-electron chi connectivity index (χ4n) is 1.89. The molecule has 0 saturated heterocycles. The monoisotopic (exact) mass is 252 g/mol. The summed E-state index contributed by atoms with van der Waals surface area (Å²) in [6.45, 7) is 1.88. The lowest BCUT2D eigenvalue weighted by Crippen LogP contribution is -2.23. The number of nitrogens with zero attached hydrogens (tertiary/aromatic N) is 2. The molecule has 0 aliphatic carbocycles. The van der Waals surface area contributed by atoms with Crippen LogP contribution in [-0.4, -0.2) is 30.0 Å². The Labute approximate surface area is 105 Å². The molecule has 0 N–H and O–H groups in total. The zero-order chi connectivity index (χ0) is 12.4. The van der Waals surface area contributed by atoms with Crippen LogP contribution in [0.25, 0.3) is 5.57 Å². The number of rotatable bonds is 2. The first-order chi connectivity index (χ1) is 8.08. The molecule has 0 bridgehead atoms. The molecule has 0 fully saturated rings. The third-order valence-corrected chi connectivity index (χ3v) is 3.23. The normalized spacial score (nSPS) is 16.7. The zero-order valence-electron chi connectivity index (χ0n) is 9.52. The Bertz CT molecular complexity index is 485. The summed E-state index contributed by atoms with van der Waals surface area (Å²) in [5.74, 6) is 0. The summed E-state index contributed by atoms with van der Waals surface area (Å²) >= 11 is 6.08. The van der Waals surface area contributed by atoms with E-state index >= 15 is 0 Å². The van der Waals surface area contributed by atoms with Crippen LogP contribution in [0.4, 0.5) is 5.69 Å². The topological polar surface area (TPSA) is 46.4 Å². The number of hydrogen-bond donors (Lipinski definition) is 0. The molecule has 1 aliphatic heterocycles. The standard InChI is InChI=1S/C12H13ClN2O2/c1-14-6-4-9(5-7-14)11-3-2-10(15(16)17)8-12(11)13/h2-4,8H,5-7H2,1H3. The summed E-state index contributed by atoms with van der Waals surface area (Å²) in [5, 5.41) is 11.1. The first-order valence-electron chi connectivity index (χ1n) is 5.40. The summed E-state index contributed by atoms with van der Waals surface area (Å²) in [6, 6.07) is 4.65. The van der Waals surface area contributed by atoms with Crippen LogP contribution in [0.15, 0.2) is 24.3 Å². The quantitative estimate of drug-likeness (QED) is 0.601. The molecular formula is C12H13ClN2O2. The van der Waals surface area contributed by atoms with Gasteiger partial charge in [-0.1, -0.05) is 17.7 Å². The first-order valence-corrected chi connectivity index (χ1v) is 5.77. The second kappa shape index (κ2) is 4.85. The molecule has 5 heteroatoms. The molecule has 2 rings (SSSR count). The highest BCUT2D eigenvalue weighted by molar-refractivity contribution is 6.32. The van der Waals surface area contributed by atoms with Crippen LogP contribution < -0.4 is 0 Å². The number of halogens is 1. The van der Waals surface area contributed by atoms with Crippen molar-refractivity contribution in [3.8, 4) is 0 Å². The van der Waals surface area contributed by atoms with Crippen LogP contribution in [-0.2, 0) is 0 Å². The fraction of sp³-hybridized carbons (Fsp3) is 0.333. The molecule has 1 aromatic carbocycles. The molecule has 1 heterocycles. The largest absolute Gasteiger partial charge is 0.302 e. The molecule has 0 unspecified atom stereocenters. The van der Waals surface area contributed by atoms with Crippen molar-refractivity contribution in [2.45, 2.75) is 6.42 Å². The van der Waals surface area contributed by atoms with E-state index in [1.165, 1.54) is 17.7 Å². The van der Waals surface area contributed by atoms with E-state index in [9.17, 15) is 10.1 Å². The maximum absolute atomic E-state index is 10.6. The van der Waals surface area contributed by atoms with Crippen molar-refractivity contribution in [2.75, 3.05) is 20.1 Å². The average Bonchev–Trinajstić information content (AvgIpc) is 2.30. The maximum atomic E-state index is 10.6. The highest BCUT2D eigenvalue weighted by Crippen LogP contribution is 2.30. The van der Waals surface area contributed by atoms with Crippen molar-refractivity contribution in [2.24, 2.45) is 0 Å². The number of nitro groups is 1. The van der Waals surface area contributed by atoms with Crippen LogP contribution in [0.2, 0.25) is 5.02 Å². The van der Waals surface area contributed by atoms with Crippen LogP contribution >= 0.6 is 11.6 Å². The SMILES string of the molecule is CN1CC=C(c2ccc([N+](=O)[O-])cc2Cl)CC1. The van der Waals surface area contributed by atoms with E-state index in [1.54, 1.807) is 6.07 Å². The van der Waals surface area contributed by atoms with Crippen LogP contribution in [0, 0.1) is 10.1 Å². The van der Waals surface area contributed by atoms with Gasteiger partial charge in [0, 0.05) is 25.2 Å². The van der Waals surface area contributed by atoms with Crippen molar-refractivity contribution in [1.29, 1.82) is 0 Å². The minimum Gasteiger partial charge on any atom is -0.302 e. The van der Waals surface area contributed by atoms with E-state index in [0.29, 0.717) is 5.02 Å². The van der Waals surface area contributed by atoms with Gasteiger partial charge in [-0.15, -0.1) is 0 Å². The van der Waals surface area contributed by atoms with Gasteiger partial charge in [-0.2, -0.15) is 0 Å². The number of benzene rings is 1. The summed E-state index contributed by atoms with van der Waals surface area (Å²) in [5.41, 5.74) is 2.11. The van der Waals surface area contributed by atoms with Crippen molar-refractivity contribution >= 4 is 22.9 Å². The van der Waals surface area contributed by atoms with Gasteiger partial charge in [0.1, 0.15) is 0 Å². The first kappa shape index (κ1) is 12.1. The summed E-state index contributed by atoms with van der Waals surface area (Å²) in [6.07, 6.45) is 3.05. The highest BCUT2D eigenvalue weighted by atomic mass is 35.5. The number of non-ortho nitro benzene ring substituents is 1. The Morgan fingerprint density at radius 1 is 1.47 bits per heavy atom. The zero-order valence-corrected chi connectivity index (χ0v) is 10.3. The Morgan fingerprint density at radius 3 is 2.76 bits per heavy atom. The summed E-state index contributed by atoms with van der Waals surface area (Å²) in [4.78, 5) is 12.4. The van der Waals surface area contributed by atoms with Crippen molar-refractivity contribution in [3.05, 3.63) is 45.0 Å². The molecule has 0 atom stereocenters. The lowest BCUT2D eigenvalue weighted by molar-refractivity contribution is -0.384. The van der Waals surface area contributed by atoms with E-state index < -0.39 is 4.92 Å². The van der Waals surface area contributed by atoms with Crippen molar-refractivity contribution in [1.82, 2.24) is 4.90 Å². The van der Waals surface area contributed by atoms with Gasteiger partial charge < -0.3 is 4.90 Å². The molecule has 1 aliphatic rings. The van der Waals surface area contributed by atoms with Gasteiger partial charge in [0.2, 0.25) is 0 Å². The molecule has 1 aromatic rings. The van der Waals surface area contributed by atoms with E-state index in [1.807, 2.05) is 0 Å². The second-order valence-corrected chi connectivity index (χ2v) is 4.57. The van der Waals surface area contributed by atoms with E-state index in [0.717, 1.165) is 25.1 Å². The van der Waals surface area contributed by atoms with Crippen molar-refractivity contribution in [3.63, 3.8) is 0 Å². The summed E-state index contributed by atoms with van der Waals surface area (Å²) in [7, 11) is 2.06. The Kier molecular flexibility index (Phi) is 3.45. The van der Waals surface area contributed by atoms with Gasteiger partial charge in [0.05, 0.1) is 9.95 Å². The highest BCUT2D eigenvalue weighted by Gasteiger charge is 2.15. The molecule has 0 amide bonds. The smallest absolute Gasteiger partial charge is 0.270 e. The van der Waals surface area contributed by atoms with Gasteiger partial charge >= 0.3 is 0 Å². The van der Waals surface area contributed by atoms with E-state index in [4.69, 9.17) is 11.6 Å². The lowest BCUT2D eigenvalue weighted by atomic mass is 9.99. The number of hydrogen-bond acceptors (Lipinski definition) is 3. The number of nitro benzene ring substituents is 1. The predicted octanol–water partition coefficient (Wildman–Crippen LogP) is 2.97. The molecule has 4 nitrogen and oxygen atoms in total. The summed E-state index contributed by atoms with van der Waals surface area (Å²) < 4.78 is 0. The third-order valence-electron chi connectivity index (χ3n) is 2.92. The molecular weight excluding hydrogens is 240 g/mol.